The lowest BCUT2D eigenvalue weighted by atomic mass is 10.1. The number of nitrogens with one attached hydrogen (secondary N) is 2. The van der Waals surface area contributed by atoms with Gasteiger partial charge in [-0.3, -0.25) is 4.79 Å². The lowest BCUT2D eigenvalue weighted by molar-refractivity contribution is 0.0947. The van der Waals surface area contributed by atoms with Gasteiger partial charge in [0, 0.05) is 18.2 Å². The molecular weight excluding hydrogens is 244 g/mol. The van der Waals surface area contributed by atoms with Crippen molar-refractivity contribution in [1.29, 1.82) is 0 Å². The highest BCUT2D eigenvalue weighted by Gasteiger charge is 2.10. The summed E-state index contributed by atoms with van der Waals surface area (Å²) in [5.74, 6) is 1.46. The summed E-state index contributed by atoms with van der Waals surface area (Å²) in [5.41, 5.74) is 0.535. The van der Waals surface area contributed by atoms with Crippen LogP contribution in [0.5, 0.6) is 11.5 Å². The Bertz CT molecular complexity index is 399. The molecule has 0 bridgehead atoms. The second-order valence-corrected chi connectivity index (χ2v) is 4.47. The maximum atomic E-state index is 12.0. The van der Waals surface area contributed by atoms with Crippen LogP contribution in [0.2, 0.25) is 0 Å². The Labute approximate surface area is 114 Å². The lowest BCUT2D eigenvalue weighted by Gasteiger charge is -2.13. The zero-order chi connectivity index (χ0) is 14.3. The zero-order valence-corrected chi connectivity index (χ0v) is 11.9. The predicted octanol–water partition coefficient (Wildman–Crippen LogP) is 1.29. The van der Waals surface area contributed by atoms with Gasteiger partial charge in [-0.1, -0.05) is 6.92 Å². The van der Waals surface area contributed by atoms with E-state index < -0.39 is 0 Å². The van der Waals surface area contributed by atoms with Crippen molar-refractivity contribution >= 4 is 5.91 Å². The van der Waals surface area contributed by atoms with Crippen LogP contribution in [0.4, 0.5) is 0 Å². The third kappa shape index (κ3) is 4.79. The van der Waals surface area contributed by atoms with E-state index in [1.165, 1.54) is 0 Å². The third-order valence-electron chi connectivity index (χ3n) is 2.78. The molecule has 0 saturated carbocycles. The Balaban J connectivity index is 2.70. The van der Waals surface area contributed by atoms with Gasteiger partial charge in [-0.15, -0.1) is 0 Å². The minimum Gasteiger partial charge on any atom is -0.497 e. The number of amides is 1. The van der Waals surface area contributed by atoms with Gasteiger partial charge in [0.15, 0.2) is 0 Å². The van der Waals surface area contributed by atoms with E-state index in [9.17, 15) is 4.79 Å². The van der Waals surface area contributed by atoms with Crippen LogP contribution in [0, 0.1) is 5.92 Å². The highest BCUT2D eigenvalue weighted by atomic mass is 16.5. The Kier molecular flexibility index (Phi) is 6.15. The Hall–Kier alpha value is -1.75. The quantitative estimate of drug-likeness (QED) is 0.781. The molecule has 0 aliphatic rings. The second-order valence-electron chi connectivity index (χ2n) is 4.47. The van der Waals surface area contributed by atoms with Gasteiger partial charge in [0.05, 0.1) is 14.2 Å². The minimum absolute atomic E-state index is 0.125. The van der Waals surface area contributed by atoms with Crippen LogP contribution in [-0.4, -0.2) is 40.3 Å². The monoisotopic (exact) mass is 266 g/mol. The molecular formula is C14H22N2O3. The van der Waals surface area contributed by atoms with Crippen molar-refractivity contribution in [3.05, 3.63) is 23.8 Å². The fourth-order valence-corrected chi connectivity index (χ4v) is 1.73. The van der Waals surface area contributed by atoms with Gasteiger partial charge in [0.1, 0.15) is 11.5 Å². The molecule has 1 rings (SSSR count). The molecule has 1 aromatic rings. The number of benzene rings is 1. The first-order valence-corrected chi connectivity index (χ1v) is 6.26. The molecule has 0 radical (unpaired) electrons. The summed E-state index contributed by atoms with van der Waals surface area (Å²) in [6, 6.07) is 5.13. The summed E-state index contributed by atoms with van der Waals surface area (Å²) in [7, 11) is 5.02. The van der Waals surface area contributed by atoms with Crippen molar-refractivity contribution in [3.8, 4) is 11.5 Å². The largest absolute Gasteiger partial charge is 0.497 e. The normalized spacial score (nSPS) is 11.8. The average molecular weight is 266 g/mol. The van der Waals surface area contributed by atoms with Crippen LogP contribution in [-0.2, 0) is 0 Å². The van der Waals surface area contributed by atoms with E-state index in [1.807, 2.05) is 7.05 Å². The van der Waals surface area contributed by atoms with Gasteiger partial charge in [-0.25, -0.2) is 0 Å². The summed E-state index contributed by atoms with van der Waals surface area (Å²) >= 11 is 0. The van der Waals surface area contributed by atoms with E-state index in [0.717, 1.165) is 6.54 Å². The first-order chi connectivity index (χ1) is 9.10. The molecule has 0 aromatic heterocycles. The molecule has 0 aliphatic carbocycles. The summed E-state index contributed by atoms with van der Waals surface area (Å²) < 4.78 is 10.3. The summed E-state index contributed by atoms with van der Waals surface area (Å²) in [4.78, 5) is 12.0. The van der Waals surface area contributed by atoms with Crippen molar-refractivity contribution in [3.63, 3.8) is 0 Å². The summed E-state index contributed by atoms with van der Waals surface area (Å²) in [5, 5.41) is 5.97. The molecule has 0 aliphatic heterocycles. The molecule has 2 N–H and O–H groups in total. The van der Waals surface area contributed by atoms with Gasteiger partial charge in [0.25, 0.3) is 5.91 Å². The molecule has 1 amide bonds. The maximum absolute atomic E-state index is 12.0. The van der Waals surface area contributed by atoms with Crippen LogP contribution in [0.15, 0.2) is 18.2 Å². The van der Waals surface area contributed by atoms with Crippen molar-refractivity contribution in [2.24, 2.45) is 5.92 Å². The first-order valence-electron chi connectivity index (χ1n) is 6.26. The van der Waals surface area contributed by atoms with Gasteiger partial charge in [-0.2, -0.15) is 0 Å². The Morgan fingerprint density at radius 3 is 2.21 bits per heavy atom. The predicted molar refractivity (Wildman–Crippen MR) is 75.0 cm³/mol. The molecule has 1 atom stereocenters. The van der Waals surface area contributed by atoms with Crippen LogP contribution in [0.1, 0.15) is 17.3 Å². The molecule has 1 unspecified atom stereocenters. The zero-order valence-electron chi connectivity index (χ0n) is 11.9. The van der Waals surface area contributed by atoms with E-state index in [-0.39, 0.29) is 5.91 Å². The number of rotatable bonds is 7. The number of carbonyl (C=O) groups excluding carboxylic acids is 1. The van der Waals surface area contributed by atoms with Crippen LogP contribution < -0.4 is 20.1 Å². The Morgan fingerprint density at radius 2 is 1.74 bits per heavy atom. The number of hydrogen-bond acceptors (Lipinski definition) is 4. The lowest BCUT2D eigenvalue weighted by Crippen LogP contribution is -2.32. The maximum Gasteiger partial charge on any atom is 0.251 e. The topological polar surface area (TPSA) is 59.6 Å². The van der Waals surface area contributed by atoms with Crippen molar-refractivity contribution in [2.75, 3.05) is 34.4 Å². The van der Waals surface area contributed by atoms with Crippen LogP contribution in [0.3, 0.4) is 0 Å². The van der Waals surface area contributed by atoms with Gasteiger partial charge < -0.3 is 20.1 Å². The van der Waals surface area contributed by atoms with Crippen LogP contribution >= 0.6 is 0 Å². The number of methoxy groups -OCH3 is 2. The van der Waals surface area contributed by atoms with Crippen molar-refractivity contribution < 1.29 is 14.3 Å². The van der Waals surface area contributed by atoms with Crippen molar-refractivity contribution in [2.45, 2.75) is 6.92 Å². The van der Waals surface area contributed by atoms with Crippen LogP contribution in [0.25, 0.3) is 0 Å². The second kappa shape index (κ2) is 7.63. The fourth-order valence-electron chi connectivity index (χ4n) is 1.73. The summed E-state index contributed by atoms with van der Waals surface area (Å²) in [6.45, 7) is 3.56. The molecule has 106 valence electrons. The molecule has 5 heteroatoms. The minimum atomic E-state index is -0.125. The van der Waals surface area contributed by atoms with E-state index in [2.05, 4.69) is 17.6 Å². The molecule has 5 nitrogen and oxygen atoms in total. The molecule has 19 heavy (non-hydrogen) atoms. The molecule has 0 saturated heterocycles. The van der Waals surface area contributed by atoms with Gasteiger partial charge in [-0.05, 0) is 31.6 Å². The van der Waals surface area contributed by atoms with E-state index in [0.29, 0.717) is 29.5 Å². The first kappa shape index (κ1) is 15.3. The van der Waals surface area contributed by atoms with Gasteiger partial charge >= 0.3 is 0 Å². The highest BCUT2D eigenvalue weighted by Crippen LogP contribution is 2.22. The van der Waals surface area contributed by atoms with Gasteiger partial charge in [0.2, 0.25) is 0 Å². The number of carbonyl (C=O) groups is 1. The fraction of sp³-hybridized carbons (Fsp3) is 0.500. The van der Waals surface area contributed by atoms with E-state index in [4.69, 9.17) is 9.47 Å². The van der Waals surface area contributed by atoms with E-state index in [1.54, 1.807) is 32.4 Å². The molecule has 1 aromatic carbocycles. The van der Waals surface area contributed by atoms with E-state index >= 15 is 0 Å². The standard InChI is InChI=1S/C14H22N2O3/c1-10(8-15-2)9-16-14(17)11-5-12(18-3)7-13(6-11)19-4/h5-7,10,15H,8-9H2,1-4H3,(H,16,17). The highest BCUT2D eigenvalue weighted by molar-refractivity contribution is 5.95. The average Bonchev–Trinajstić information content (AvgIpc) is 2.44. The SMILES string of the molecule is CNCC(C)CNC(=O)c1cc(OC)cc(OC)c1. The third-order valence-corrected chi connectivity index (χ3v) is 2.78. The number of hydrogen-bond donors (Lipinski definition) is 2. The Morgan fingerprint density at radius 1 is 1.16 bits per heavy atom. The summed E-state index contributed by atoms with van der Waals surface area (Å²) in [6.07, 6.45) is 0. The number of ether oxygens (including phenoxy) is 2. The molecule has 0 spiro atoms. The van der Waals surface area contributed by atoms with Crippen molar-refractivity contribution in [1.82, 2.24) is 10.6 Å². The molecule has 0 fully saturated rings. The molecule has 0 heterocycles. The smallest absolute Gasteiger partial charge is 0.251 e.